The Morgan fingerprint density at radius 1 is 1.04 bits per heavy atom. The fourth-order valence-corrected chi connectivity index (χ4v) is 2.49. The molecule has 0 saturated carbocycles. The average molecular weight is 387 g/mol. The number of aromatic nitrogens is 2. The highest BCUT2D eigenvalue weighted by molar-refractivity contribution is 6.30. The lowest BCUT2D eigenvalue weighted by Gasteiger charge is -2.10. The van der Waals surface area contributed by atoms with Crippen molar-refractivity contribution in [2.45, 2.75) is 6.92 Å². The molecule has 0 spiro atoms. The molecule has 27 heavy (non-hydrogen) atoms. The van der Waals surface area contributed by atoms with Crippen molar-refractivity contribution >= 4 is 17.6 Å². The van der Waals surface area contributed by atoms with Crippen molar-refractivity contribution in [1.29, 1.82) is 0 Å². The molecule has 0 radical (unpaired) electrons. The van der Waals surface area contributed by atoms with Crippen LogP contribution in [0.15, 0.2) is 54.6 Å². The van der Waals surface area contributed by atoms with Crippen LogP contribution in [0.5, 0.6) is 6.01 Å². The van der Waals surface area contributed by atoms with Crippen molar-refractivity contribution in [3.05, 3.63) is 65.4 Å². The molecule has 0 aliphatic rings. The summed E-state index contributed by atoms with van der Waals surface area (Å²) in [5.41, 5.74) is 2.36. The molecular weight excluding hydrogens is 371 g/mol. The van der Waals surface area contributed by atoms with Gasteiger partial charge in [0.1, 0.15) is 5.82 Å². The first-order chi connectivity index (χ1) is 13.1. The quantitative estimate of drug-likeness (QED) is 0.582. The largest absolute Gasteiger partial charge is 0.463 e. The van der Waals surface area contributed by atoms with Gasteiger partial charge >= 0.3 is 12.0 Å². The van der Waals surface area contributed by atoms with Gasteiger partial charge in [0.25, 0.3) is 0 Å². The summed E-state index contributed by atoms with van der Waals surface area (Å²) in [6, 6.07) is 15.5. The molecule has 0 N–H and O–H groups in total. The molecule has 1 heterocycles. The van der Waals surface area contributed by atoms with Crippen LogP contribution >= 0.6 is 11.6 Å². The zero-order chi connectivity index (χ0) is 19.2. The highest BCUT2D eigenvalue weighted by atomic mass is 35.5. The molecule has 0 amide bonds. The highest BCUT2D eigenvalue weighted by Crippen LogP contribution is 2.28. The summed E-state index contributed by atoms with van der Waals surface area (Å²) >= 11 is 5.76. The molecule has 0 aliphatic heterocycles. The molecule has 0 unspecified atom stereocenters. The minimum absolute atomic E-state index is 0.00485. The van der Waals surface area contributed by atoms with Gasteiger partial charge in [0.2, 0.25) is 0 Å². The van der Waals surface area contributed by atoms with Crippen LogP contribution in [0.4, 0.5) is 4.39 Å². The van der Waals surface area contributed by atoms with E-state index in [1.807, 2.05) is 30.3 Å². The summed E-state index contributed by atoms with van der Waals surface area (Å²) < 4.78 is 24.1. The zero-order valence-corrected chi connectivity index (χ0v) is 15.2. The van der Waals surface area contributed by atoms with E-state index < -0.39 is 11.8 Å². The van der Waals surface area contributed by atoms with E-state index in [2.05, 4.69) is 9.97 Å². The first-order valence-electron chi connectivity index (χ1n) is 8.25. The summed E-state index contributed by atoms with van der Waals surface area (Å²) in [5, 5.41) is 0.0230. The molecule has 0 fully saturated rings. The van der Waals surface area contributed by atoms with Crippen LogP contribution in [0.3, 0.4) is 0 Å². The van der Waals surface area contributed by atoms with Gasteiger partial charge in [-0.15, -0.1) is 0 Å². The van der Waals surface area contributed by atoms with Crippen LogP contribution in [0.25, 0.3) is 22.5 Å². The fourth-order valence-electron chi connectivity index (χ4n) is 2.38. The van der Waals surface area contributed by atoms with Crippen LogP contribution < -0.4 is 4.74 Å². The Morgan fingerprint density at radius 3 is 2.41 bits per heavy atom. The van der Waals surface area contributed by atoms with E-state index in [1.165, 1.54) is 12.1 Å². The number of carbonyl (C=O) groups excluding carboxylic acids is 1. The zero-order valence-electron chi connectivity index (χ0n) is 14.5. The minimum atomic E-state index is -0.553. The third-order valence-corrected chi connectivity index (χ3v) is 3.92. The second-order valence-corrected chi connectivity index (χ2v) is 5.92. The predicted octanol–water partition coefficient (Wildman–Crippen LogP) is 4.55. The number of nitrogens with zero attached hydrogens (tertiary/aromatic N) is 2. The lowest BCUT2D eigenvalue weighted by atomic mass is 10.1. The molecule has 5 nitrogen and oxygen atoms in total. The molecule has 138 valence electrons. The summed E-state index contributed by atoms with van der Waals surface area (Å²) in [6.07, 6.45) is 0. The van der Waals surface area contributed by atoms with E-state index in [4.69, 9.17) is 21.1 Å². The van der Waals surface area contributed by atoms with Crippen molar-refractivity contribution < 1.29 is 18.7 Å². The van der Waals surface area contributed by atoms with E-state index in [9.17, 15) is 9.18 Å². The van der Waals surface area contributed by atoms with Crippen LogP contribution in [-0.4, -0.2) is 29.2 Å². The van der Waals surface area contributed by atoms with Crippen LogP contribution in [0, 0.1) is 5.82 Å². The van der Waals surface area contributed by atoms with Gasteiger partial charge in [-0.2, -0.15) is 9.97 Å². The maximum absolute atomic E-state index is 13.9. The molecule has 0 bridgehead atoms. The van der Waals surface area contributed by atoms with Crippen LogP contribution in [-0.2, 0) is 9.53 Å². The fraction of sp³-hybridized carbons (Fsp3) is 0.150. The van der Waals surface area contributed by atoms with Gasteiger partial charge in [-0.05, 0) is 25.1 Å². The Kier molecular flexibility index (Phi) is 5.98. The first kappa shape index (κ1) is 18.8. The van der Waals surface area contributed by atoms with Crippen LogP contribution in [0.2, 0.25) is 5.02 Å². The van der Waals surface area contributed by atoms with Gasteiger partial charge in [-0.3, -0.25) is 0 Å². The molecule has 0 aliphatic carbocycles. The Labute approximate surface area is 160 Å². The second-order valence-electron chi connectivity index (χ2n) is 5.51. The van der Waals surface area contributed by atoms with Crippen molar-refractivity contribution in [1.82, 2.24) is 9.97 Å². The number of esters is 1. The standard InChI is InChI=1S/C20H16ClFN2O3/c1-2-26-19(25)12-27-20-23-17(13-6-4-3-5-7-13)11-18(24-20)14-8-9-15(21)16(22)10-14/h3-11H,2,12H2,1H3. The Bertz CT molecular complexity index is 951. The normalized spacial score (nSPS) is 10.5. The van der Waals surface area contributed by atoms with Gasteiger partial charge < -0.3 is 9.47 Å². The summed E-state index contributed by atoms with van der Waals surface area (Å²) in [5.74, 6) is -1.08. The minimum Gasteiger partial charge on any atom is -0.463 e. The Morgan fingerprint density at radius 2 is 1.74 bits per heavy atom. The van der Waals surface area contributed by atoms with E-state index in [1.54, 1.807) is 19.1 Å². The van der Waals surface area contributed by atoms with Crippen molar-refractivity contribution in [3.8, 4) is 28.5 Å². The van der Waals surface area contributed by atoms with Crippen molar-refractivity contribution in [3.63, 3.8) is 0 Å². The lowest BCUT2D eigenvalue weighted by molar-refractivity contribution is -0.145. The second kappa shape index (κ2) is 8.60. The first-order valence-corrected chi connectivity index (χ1v) is 8.63. The van der Waals surface area contributed by atoms with E-state index in [0.29, 0.717) is 17.0 Å². The summed E-state index contributed by atoms with van der Waals surface area (Å²) in [6.45, 7) is 1.64. The molecule has 7 heteroatoms. The van der Waals surface area contributed by atoms with Gasteiger partial charge in [0.05, 0.1) is 23.0 Å². The monoisotopic (exact) mass is 386 g/mol. The molecule has 0 atom stereocenters. The summed E-state index contributed by atoms with van der Waals surface area (Å²) in [4.78, 5) is 20.2. The number of carbonyl (C=O) groups is 1. The molecule has 0 saturated heterocycles. The van der Waals surface area contributed by atoms with Crippen molar-refractivity contribution in [2.24, 2.45) is 0 Å². The number of halogens is 2. The number of benzene rings is 2. The predicted molar refractivity (Wildman–Crippen MR) is 100 cm³/mol. The van der Waals surface area contributed by atoms with E-state index >= 15 is 0 Å². The lowest BCUT2D eigenvalue weighted by Crippen LogP contribution is -2.16. The molecular formula is C20H16ClFN2O3. The van der Waals surface area contributed by atoms with E-state index in [0.717, 1.165) is 5.56 Å². The third-order valence-electron chi connectivity index (χ3n) is 3.61. The molecule has 3 aromatic rings. The number of hydrogen-bond donors (Lipinski definition) is 0. The van der Waals surface area contributed by atoms with Gasteiger partial charge in [-0.25, -0.2) is 9.18 Å². The Balaban J connectivity index is 2.00. The molecule has 1 aromatic heterocycles. The maximum atomic E-state index is 13.9. The number of ether oxygens (including phenoxy) is 2. The number of hydrogen-bond acceptors (Lipinski definition) is 5. The van der Waals surface area contributed by atoms with Crippen molar-refractivity contribution in [2.75, 3.05) is 13.2 Å². The smallest absolute Gasteiger partial charge is 0.344 e. The Hall–Kier alpha value is -2.99. The summed E-state index contributed by atoms with van der Waals surface area (Å²) in [7, 11) is 0. The van der Waals surface area contributed by atoms with E-state index in [-0.39, 0.29) is 24.2 Å². The van der Waals surface area contributed by atoms with Gasteiger partial charge in [0, 0.05) is 11.1 Å². The van der Waals surface area contributed by atoms with Gasteiger partial charge in [0.15, 0.2) is 6.61 Å². The van der Waals surface area contributed by atoms with Gasteiger partial charge in [-0.1, -0.05) is 48.0 Å². The number of rotatable bonds is 6. The highest BCUT2D eigenvalue weighted by Gasteiger charge is 2.13. The van der Waals surface area contributed by atoms with Crippen LogP contribution in [0.1, 0.15) is 6.92 Å². The molecule has 3 rings (SSSR count). The maximum Gasteiger partial charge on any atom is 0.344 e. The molecule has 2 aromatic carbocycles. The third kappa shape index (κ3) is 4.80. The average Bonchev–Trinajstić information content (AvgIpc) is 2.69. The SMILES string of the molecule is CCOC(=O)COc1nc(-c2ccccc2)cc(-c2ccc(Cl)c(F)c2)n1. The topological polar surface area (TPSA) is 61.3 Å².